The van der Waals surface area contributed by atoms with E-state index in [0.29, 0.717) is 12.5 Å². The second kappa shape index (κ2) is 7.68. The number of aryl methyl sites for hydroxylation is 1. The van der Waals surface area contributed by atoms with Crippen LogP contribution in [0, 0.1) is 6.92 Å². The van der Waals surface area contributed by atoms with Crippen LogP contribution in [0.5, 0.6) is 0 Å². The number of aliphatic imine (C=N–C) groups is 1. The van der Waals surface area contributed by atoms with Crippen LogP contribution < -0.4 is 11.1 Å². The molecule has 4 nitrogen and oxygen atoms in total. The summed E-state index contributed by atoms with van der Waals surface area (Å²) in [4.78, 5) is 4.22. The Hall–Kier alpha value is -1.55. The normalized spacial score (nSPS) is 11.5. The van der Waals surface area contributed by atoms with Gasteiger partial charge in [0.2, 0.25) is 0 Å². The van der Waals surface area contributed by atoms with Gasteiger partial charge in [-0.3, -0.25) is 4.99 Å². The van der Waals surface area contributed by atoms with Crippen molar-refractivity contribution in [3.63, 3.8) is 0 Å². The lowest BCUT2D eigenvalue weighted by molar-refractivity contribution is 0.146. The molecule has 0 spiro atoms. The first-order valence-corrected chi connectivity index (χ1v) is 5.93. The molecule has 4 heteroatoms. The first kappa shape index (κ1) is 13.5. The maximum atomic E-state index is 5.77. The second-order valence-corrected chi connectivity index (χ2v) is 3.81. The Labute approximate surface area is 103 Å². The number of anilines is 1. The molecule has 1 rings (SSSR count). The van der Waals surface area contributed by atoms with E-state index in [9.17, 15) is 0 Å². The number of nitrogens with one attached hydrogen (secondary N) is 1. The highest BCUT2D eigenvalue weighted by Crippen LogP contribution is 2.08. The number of guanidine groups is 1. The average Bonchev–Trinajstić information content (AvgIpc) is 2.29. The molecule has 0 amide bonds. The van der Waals surface area contributed by atoms with E-state index in [1.807, 2.05) is 38.1 Å². The number of nitrogens with two attached hydrogens (primary N) is 1. The predicted octanol–water partition coefficient (Wildman–Crippen LogP) is 2.15. The minimum atomic E-state index is 0.451. The molecule has 3 N–H and O–H groups in total. The summed E-state index contributed by atoms with van der Waals surface area (Å²) in [7, 11) is 0. The molecule has 17 heavy (non-hydrogen) atoms. The third-order valence-electron chi connectivity index (χ3n) is 2.22. The summed E-state index contributed by atoms with van der Waals surface area (Å²) in [6, 6.07) is 8.03. The summed E-state index contributed by atoms with van der Waals surface area (Å²) in [5.41, 5.74) is 7.93. The van der Waals surface area contributed by atoms with Crippen LogP contribution in [-0.4, -0.2) is 25.7 Å². The van der Waals surface area contributed by atoms with Crippen molar-refractivity contribution >= 4 is 11.6 Å². The smallest absolute Gasteiger partial charge is 0.193 e. The minimum absolute atomic E-state index is 0.451. The Bertz CT molecular complexity index is 363. The summed E-state index contributed by atoms with van der Waals surface area (Å²) >= 11 is 0. The number of hydrogen-bond acceptors (Lipinski definition) is 2. The molecule has 0 atom stereocenters. The van der Waals surface area contributed by atoms with Crippen molar-refractivity contribution in [3.8, 4) is 0 Å². The number of ether oxygens (including phenoxy) is 1. The Morgan fingerprint density at radius 3 is 3.00 bits per heavy atom. The SMILES string of the molecule is CCOCCCN=C(N)Nc1cccc(C)c1. The highest BCUT2D eigenvalue weighted by Gasteiger charge is 1.94. The van der Waals surface area contributed by atoms with Crippen LogP contribution in [-0.2, 0) is 4.74 Å². The van der Waals surface area contributed by atoms with Gasteiger partial charge >= 0.3 is 0 Å². The van der Waals surface area contributed by atoms with E-state index in [1.165, 1.54) is 5.56 Å². The van der Waals surface area contributed by atoms with Gasteiger partial charge in [0.1, 0.15) is 0 Å². The van der Waals surface area contributed by atoms with E-state index >= 15 is 0 Å². The number of rotatable bonds is 6. The summed E-state index contributed by atoms with van der Waals surface area (Å²) < 4.78 is 5.22. The maximum Gasteiger partial charge on any atom is 0.193 e. The van der Waals surface area contributed by atoms with Gasteiger partial charge in [0, 0.05) is 25.4 Å². The van der Waals surface area contributed by atoms with E-state index < -0.39 is 0 Å². The van der Waals surface area contributed by atoms with Gasteiger partial charge in [-0.2, -0.15) is 0 Å². The topological polar surface area (TPSA) is 59.6 Å². The number of nitrogens with zero attached hydrogens (tertiary/aromatic N) is 1. The number of hydrogen-bond donors (Lipinski definition) is 2. The molecular weight excluding hydrogens is 214 g/mol. The zero-order valence-corrected chi connectivity index (χ0v) is 10.6. The molecule has 1 aromatic rings. The van der Waals surface area contributed by atoms with Gasteiger partial charge in [-0.05, 0) is 38.0 Å². The van der Waals surface area contributed by atoms with Crippen LogP contribution >= 0.6 is 0 Å². The van der Waals surface area contributed by atoms with Crippen LogP contribution in [0.25, 0.3) is 0 Å². The van der Waals surface area contributed by atoms with Crippen molar-refractivity contribution in [2.45, 2.75) is 20.3 Å². The molecule has 0 bridgehead atoms. The zero-order chi connectivity index (χ0) is 12.5. The van der Waals surface area contributed by atoms with Crippen LogP contribution in [0.1, 0.15) is 18.9 Å². The second-order valence-electron chi connectivity index (χ2n) is 3.81. The van der Waals surface area contributed by atoms with Crippen molar-refractivity contribution in [3.05, 3.63) is 29.8 Å². The van der Waals surface area contributed by atoms with E-state index in [-0.39, 0.29) is 0 Å². The molecule has 0 unspecified atom stereocenters. The lowest BCUT2D eigenvalue weighted by Crippen LogP contribution is -2.23. The van der Waals surface area contributed by atoms with Crippen molar-refractivity contribution < 1.29 is 4.74 Å². The Morgan fingerprint density at radius 2 is 2.29 bits per heavy atom. The Morgan fingerprint density at radius 1 is 1.47 bits per heavy atom. The molecule has 1 aromatic carbocycles. The quantitative estimate of drug-likeness (QED) is 0.451. The number of benzene rings is 1. The van der Waals surface area contributed by atoms with Crippen LogP contribution in [0.15, 0.2) is 29.3 Å². The molecule has 0 aromatic heterocycles. The molecule has 94 valence electrons. The maximum absolute atomic E-state index is 5.77. The monoisotopic (exact) mass is 235 g/mol. The van der Waals surface area contributed by atoms with Crippen molar-refractivity contribution in [2.24, 2.45) is 10.7 Å². The lowest BCUT2D eigenvalue weighted by Gasteiger charge is -2.06. The van der Waals surface area contributed by atoms with Crippen LogP contribution in [0.4, 0.5) is 5.69 Å². The summed E-state index contributed by atoms with van der Waals surface area (Å²) in [6.45, 7) is 6.20. The molecule has 0 saturated heterocycles. The van der Waals surface area contributed by atoms with E-state index in [0.717, 1.165) is 25.3 Å². The molecule has 0 saturated carbocycles. The van der Waals surface area contributed by atoms with Crippen molar-refractivity contribution in [1.29, 1.82) is 0 Å². The molecule has 0 aliphatic carbocycles. The van der Waals surface area contributed by atoms with E-state index in [4.69, 9.17) is 10.5 Å². The molecule has 0 aliphatic heterocycles. The largest absolute Gasteiger partial charge is 0.382 e. The van der Waals surface area contributed by atoms with Gasteiger partial charge in [0.15, 0.2) is 5.96 Å². The summed E-state index contributed by atoms with van der Waals surface area (Å²) in [5.74, 6) is 0.451. The molecule has 0 heterocycles. The van der Waals surface area contributed by atoms with Gasteiger partial charge in [0.05, 0.1) is 0 Å². The molecular formula is C13H21N3O. The highest BCUT2D eigenvalue weighted by atomic mass is 16.5. The Balaban J connectivity index is 2.33. The first-order chi connectivity index (χ1) is 8.22. The zero-order valence-electron chi connectivity index (χ0n) is 10.6. The minimum Gasteiger partial charge on any atom is -0.382 e. The molecule has 0 radical (unpaired) electrons. The molecule has 0 aliphatic rings. The van der Waals surface area contributed by atoms with Gasteiger partial charge in [-0.25, -0.2) is 0 Å². The third-order valence-corrected chi connectivity index (χ3v) is 2.22. The fraction of sp³-hybridized carbons (Fsp3) is 0.462. The van der Waals surface area contributed by atoms with Gasteiger partial charge in [-0.15, -0.1) is 0 Å². The average molecular weight is 235 g/mol. The van der Waals surface area contributed by atoms with Gasteiger partial charge in [0.25, 0.3) is 0 Å². The third kappa shape index (κ3) is 5.92. The van der Waals surface area contributed by atoms with Crippen molar-refractivity contribution in [2.75, 3.05) is 25.1 Å². The fourth-order valence-electron chi connectivity index (χ4n) is 1.42. The fourth-order valence-corrected chi connectivity index (χ4v) is 1.42. The summed E-state index contributed by atoms with van der Waals surface area (Å²) in [5, 5.41) is 3.06. The molecule has 0 fully saturated rings. The van der Waals surface area contributed by atoms with Crippen LogP contribution in [0.2, 0.25) is 0 Å². The van der Waals surface area contributed by atoms with Crippen molar-refractivity contribution in [1.82, 2.24) is 0 Å². The summed E-state index contributed by atoms with van der Waals surface area (Å²) in [6.07, 6.45) is 0.893. The first-order valence-electron chi connectivity index (χ1n) is 5.93. The van der Waals surface area contributed by atoms with E-state index in [1.54, 1.807) is 0 Å². The predicted molar refractivity (Wildman–Crippen MR) is 72.4 cm³/mol. The standard InChI is InChI=1S/C13H21N3O/c1-3-17-9-5-8-15-13(14)16-12-7-4-6-11(2)10-12/h4,6-7,10H,3,5,8-9H2,1-2H3,(H3,14,15,16). The Kier molecular flexibility index (Phi) is 6.10. The van der Waals surface area contributed by atoms with Crippen LogP contribution in [0.3, 0.4) is 0 Å². The van der Waals surface area contributed by atoms with Gasteiger partial charge in [-0.1, -0.05) is 12.1 Å². The highest BCUT2D eigenvalue weighted by molar-refractivity contribution is 5.92. The lowest BCUT2D eigenvalue weighted by atomic mass is 10.2. The van der Waals surface area contributed by atoms with E-state index in [2.05, 4.69) is 10.3 Å². The van der Waals surface area contributed by atoms with Gasteiger partial charge < -0.3 is 15.8 Å².